The maximum atomic E-state index is 6.26. The third-order valence-electron chi connectivity index (χ3n) is 3.06. The third kappa shape index (κ3) is 2.39. The van der Waals surface area contributed by atoms with Gasteiger partial charge in [-0.2, -0.15) is 0 Å². The molecule has 1 aromatic heterocycles. The normalized spacial score (nSPS) is 12.8. The Labute approximate surface area is 131 Å². The average molecular weight is 326 g/mol. The molecule has 0 aliphatic carbocycles. The number of nitrogens with zero attached hydrogens (tertiary/aromatic N) is 2. The first-order valence-electron chi connectivity index (χ1n) is 6.14. The molecule has 3 rings (SSSR count). The Kier molecular flexibility index (Phi) is 3.63. The molecule has 20 heavy (non-hydrogen) atoms. The molecule has 2 aromatic carbocycles. The van der Waals surface area contributed by atoms with E-state index in [2.05, 4.69) is 4.98 Å². The van der Waals surface area contributed by atoms with E-state index in [4.69, 9.17) is 34.8 Å². The summed E-state index contributed by atoms with van der Waals surface area (Å²) in [5, 5.41) is 1.11. The molecule has 0 saturated heterocycles. The van der Waals surface area contributed by atoms with Crippen molar-refractivity contribution in [2.45, 2.75) is 12.3 Å². The highest BCUT2D eigenvalue weighted by molar-refractivity contribution is 6.31. The first-order valence-corrected chi connectivity index (χ1v) is 7.33. The van der Waals surface area contributed by atoms with Crippen molar-refractivity contribution < 1.29 is 0 Å². The minimum atomic E-state index is -0.222. The van der Waals surface area contributed by atoms with E-state index in [0.29, 0.717) is 10.0 Å². The van der Waals surface area contributed by atoms with Gasteiger partial charge in [-0.3, -0.25) is 4.57 Å². The number of aromatic nitrogens is 2. The minimum Gasteiger partial charge on any atom is -0.295 e. The second kappa shape index (κ2) is 5.28. The number of hydrogen-bond donors (Lipinski definition) is 0. The van der Waals surface area contributed by atoms with Crippen molar-refractivity contribution in [1.29, 1.82) is 0 Å². The van der Waals surface area contributed by atoms with Crippen molar-refractivity contribution in [1.82, 2.24) is 9.55 Å². The fraction of sp³-hybridized carbons (Fsp3) is 0.133. The van der Waals surface area contributed by atoms with Crippen molar-refractivity contribution >= 4 is 45.8 Å². The fourth-order valence-electron chi connectivity index (χ4n) is 2.23. The molecular formula is C15H11Cl3N2. The third-order valence-corrected chi connectivity index (χ3v) is 3.73. The van der Waals surface area contributed by atoms with Crippen LogP contribution in [0.25, 0.3) is 16.7 Å². The van der Waals surface area contributed by atoms with Gasteiger partial charge in [0.1, 0.15) is 5.82 Å². The van der Waals surface area contributed by atoms with Crippen LogP contribution in [0.5, 0.6) is 0 Å². The van der Waals surface area contributed by atoms with E-state index in [9.17, 15) is 0 Å². The molecule has 5 heteroatoms. The maximum Gasteiger partial charge on any atom is 0.132 e. The number of fused-ring (bicyclic) bond motifs is 1. The standard InChI is InChI=1S/C15H11Cl3N2/c1-9(16)15-19-13-8-11(18)5-6-14(13)20(15)12-4-2-3-10(17)7-12/h2-9H,1H3. The van der Waals surface area contributed by atoms with Crippen molar-refractivity contribution in [2.75, 3.05) is 0 Å². The Balaban J connectivity index is 2.34. The van der Waals surface area contributed by atoms with Crippen LogP contribution in [0.3, 0.4) is 0 Å². The largest absolute Gasteiger partial charge is 0.295 e. The van der Waals surface area contributed by atoms with Crippen LogP contribution in [0.1, 0.15) is 18.1 Å². The lowest BCUT2D eigenvalue weighted by atomic mass is 10.2. The summed E-state index contributed by atoms with van der Waals surface area (Å²) >= 11 is 18.4. The Morgan fingerprint density at radius 2 is 1.80 bits per heavy atom. The molecule has 0 aliphatic heterocycles. The summed E-state index contributed by atoms with van der Waals surface area (Å²) in [6.07, 6.45) is 0. The monoisotopic (exact) mass is 324 g/mol. The summed E-state index contributed by atoms with van der Waals surface area (Å²) in [6.45, 7) is 1.89. The molecule has 102 valence electrons. The number of rotatable bonds is 2. The molecule has 1 atom stereocenters. The van der Waals surface area contributed by atoms with Crippen LogP contribution in [0.2, 0.25) is 10.0 Å². The summed E-state index contributed by atoms with van der Waals surface area (Å²) in [6, 6.07) is 13.2. The predicted octanol–water partition coefficient (Wildman–Crippen LogP) is 5.63. The van der Waals surface area contributed by atoms with Crippen molar-refractivity contribution in [3.05, 3.63) is 58.3 Å². The van der Waals surface area contributed by atoms with Crippen molar-refractivity contribution in [3.8, 4) is 5.69 Å². The molecule has 0 radical (unpaired) electrons. The van der Waals surface area contributed by atoms with Crippen LogP contribution in [-0.2, 0) is 0 Å². The second-order valence-corrected chi connectivity index (χ2v) is 6.06. The van der Waals surface area contributed by atoms with E-state index in [1.807, 2.05) is 54.0 Å². The summed E-state index contributed by atoms with van der Waals surface area (Å²) < 4.78 is 2.01. The zero-order chi connectivity index (χ0) is 14.3. The van der Waals surface area contributed by atoms with Crippen LogP contribution in [0.15, 0.2) is 42.5 Å². The first kappa shape index (κ1) is 13.7. The molecular weight excluding hydrogens is 315 g/mol. The molecule has 1 unspecified atom stereocenters. The predicted molar refractivity (Wildman–Crippen MR) is 85.4 cm³/mol. The van der Waals surface area contributed by atoms with Crippen LogP contribution in [-0.4, -0.2) is 9.55 Å². The molecule has 0 fully saturated rings. The smallest absolute Gasteiger partial charge is 0.132 e. The highest BCUT2D eigenvalue weighted by Crippen LogP contribution is 2.30. The fourth-order valence-corrected chi connectivity index (χ4v) is 2.72. The molecule has 0 N–H and O–H groups in total. The van der Waals surface area contributed by atoms with E-state index in [-0.39, 0.29) is 5.38 Å². The van der Waals surface area contributed by atoms with Crippen LogP contribution >= 0.6 is 34.8 Å². The lowest BCUT2D eigenvalue weighted by Gasteiger charge is -2.10. The van der Waals surface area contributed by atoms with Gasteiger partial charge in [0.2, 0.25) is 0 Å². The summed E-state index contributed by atoms with van der Waals surface area (Å²) in [5.74, 6) is 0.770. The molecule has 3 aromatic rings. The van der Waals surface area contributed by atoms with Crippen LogP contribution in [0, 0.1) is 0 Å². The van der Waals surface area contributed by atoms with E-state index in [0.717, 1.165) is 22.5 Å². The quantitative estimate of drug-likeness (QED) is 0.558. The summed E-state index contributed by atoms with van der Waals surface area (Å²) in [4.78, 5) is 4.58. The topological polar surface area (TPSA) is 17.8 Å². The zero-order valence-corrected chi connectivity index (χ0v) is 12.9. The van der Waals surface area contributed by atoms with Gasteiger partial charge in [-0.05, 0) is 43.3 Å². The molecule has 0 amide bonds. The summed E-state index contributed by atoms with van der Waals surface area (Å²) in [7, 11) is 0. The highest BCUT2D eigenvalue weighted by Gasteiger charge is 2.16. The maximum absolute atomic E-state index is 6.26. The van der Waals surface area contributed by atoms with Gasteiger partial charge in [-0.25, -0.2) is 4.98 Å². The van der Waals surface area contributed by atoms with Crippen molar-refractivity contribution in [3.63, 3.8) is 0 Å². The van der Waals surface area contributed by atoms with Gasteiger partial charge in [-0.1, -0.05) is 29.3 Å². The SMILES string of the molecule is CC(Cl)c1nc2cc(Cl)ccc2n1-c1cccc(Cl)c1. The van der Waals surface area contributed by atoms with E-state index < -0.39 is 0 Å². The lowest BCUT2D eigenvalue weighted by molar-refractivity contribution is 0.882. The molecule has 1 heterocycles. The van der Waals surface area contributed by atoms with Crippen molar-refractivity contribution in [2.24, 2.45) is 0 Å². The molecule has 2 nitrogen and oxygen atoms in total. The van der Waals surface area contributed by atoms with Gasteiger partial charge in [0.25, 0.3) is 0 Å². The molecule has 0 bridgehead atoms. The van der Waals surface area contributed by atoms with Gasteiger partial charge in [-0.15, -0.1) is 11.6 Å². The van der Waals surface area contributed by atoms with Gasteiger partial charge in [0.05, 0.1) is 16.4 Å². The van der Waals surface area contributed by atoms with Crippen LogP contribution in [0.4, 0.5) is 0 Å². The number of hydrogen-bond acceptors (Lipinski definition) is 1. The average Bonchev–Trinajstić information content (AvgIpc) is 2.77. The minimum absolute atomic E-state index is 0.222. The van der Waals surface area contributed by atoms with Gasteiger partial charge >= 0.3 is 0 Å². The number of imidazole rings is 1. The van der Waals surface area contributed by atoms with E-state index in [1.54, 1.807) is 0 Å². The molecule has 0 spiro atoms. The van der Waals surface area contributed by atoms with Gasteiger partial charge in [0, 0.05) is 15.7 Å². The van der Waals surface area contributed by atoms with E-state index in [1.165, 1.54) is 0 Å². The Hall–Kier alpha value is -1.22. The highest BCUT2D eigenvalue weighted by atomic mass is 35.5. The Morgan fingerprint density at radius 3 is 2.50 bits per heavy atom. The number of alkyl halides is 1. The lowest BCUT2D eigenvalue weighted by Crippen LogP contribution is -2.01. The first-order chi connectivity index (χ1) is 9.56. The van der Waals surface area contributed by atoms with Gasteiger partial charge in [0.15, 0.2) is 0 Å². The number of halogens is 3. The second-order valence-electron chi connectivity index (χ2n) is 4.53. The number of benzene rings is 2. The molecule has 0 saturated carbocycles. The Morgan fingerprint density at radius 1 is 1.05 bits per heavy atom. The van der Waals surface area contributed by atoms with Gasteiger partial charge < -0.3 is 0 Å². The van der Waals surface area contributed by atoms with E-state index >= 15 is 0 Å². The molecule has 0 aliphatic rings. The Bertz CT molecular complexity index is 778. The summed E-state index contributed by atoms with van der Waals surface area (Å²) in [5.41, 5.74) is 2.71. The van der Waals surface area contributed by atoms with Crippen LogP contribution < -0.4 is 0 Å². The zero-order valence-electron chi connectivity index (χ0n) is 10.6.